The van der Waals surface area contributed by atoms with Crippen LogP contribution in [-0.4, -0.2) is 22.7 Å². The normalized spacial score (nSPS) is 14.5. The Morgan fingerprint density at radius 1 is 1.42 bits per heavy atom. The molecule has 0 aliphatic heterocycles. The van der Waals surface area contributed by atoms with Gasteiger partial charge in [-0.15, -0.1) is 0 Å². The van der Waals surface area contributed by atoms with Crippen molar-refractivity contribution in [3.05, 3.63) is 22.7 Å². The number of thiophene rings is 1. The molecule has 0 aliphatic carbocycles. The molecule has 1 N–H and O–H groups in total. The van der Waals surface area contributed by atoms with Crippen molar-refractivity contribution in [2.75, 3.05) is 6.54 Å². The summed E-state index contributed by atoms with van der Waals surface area (Å²) in [7, 11) is 0. The molecule has 0 aromatic carbocycles. The van der Waals surface area contributed by atoms with Crippen LogP contribution in [0.4, 0.5) is 0 Å². The maximum Gasteiger partial charge on any atom is 0.231 e. The van der Waals surface area contributed by atoms with Crippen molar-refractivity contribution in [2.45, 2.75) is 45.6 Å². The molecular formula is C14H21N3OS. The van der Waals surface area contributed by atoms with Gasteiger partial charge in [0.05, 0.1) is 5.92 Å². The van der Waals surface area contributed by atoms with Crippen LogP contribution in [0.3, 0.4) is 0 Å². The predicted molar refractivity (Wildman–Crippen MR) is 78.4 cm³/mol. The Labute approximate surface area is 118 Å². The van der Waals surface area contributed by atoms with E-state index in [0.717, 1.165) is 30.8 Å². The molecule has 2 aromatic rings. The van der Waals surface area contributed by atoms with E-state index in [9.17, 15) is 0 Å². The lowest BCUT2D eigenvalue weighted by Crippen LogP contribution is -2.32. The van der Waals surface area contributed by atoms with Gasteiger partial charge >= 0.3 is 0 Å². The van der Waals surface area contributed by atoms with Crippen molar-refractivity contribution in [1.29, 1.82) is 0 Å². The molecule has 5 heteroatoms. The van der Waals surface area contributed by atoms with Crippen LogP contribution in [0.25, 0.3) is 11.4 Å². The fourth-order valence-electron chi connectivity index (χ4n) is 2.15. The first-order chi connectivity index (χ1) is 9.26. The third-order valence-corrected chi connectivity index (χ3v) is 3.98. The maximum atomic E-state index is 5.45. The van der Waals surface area contributed by atoms with E-state index >= 15 is 0 Å². The van der Waals surface area contributed by atoms with Crippen molar-refractivity contribution < 1.29 is 4.52 Å². The van der Waals surface area contributed by atoms with Crippen molar-refractivity contribution in [2.24, 2.45) is 0 Å². The van der Waals surface area contributed by atoms with Gasteiger partial charge in [-0.3, -0.25) is 0 Å². The van der Waals surface area contributed by atoms with E-state index < -0.39 is 0 Å². The molecule has 4 nitrogen and oxygen atoms in total. The Morgan fingerprint density at radius 3 is 2.89 bits per heavy atom. The molecule has 0 fully saturated rings. The average molecular weight is 279 g/mol. The van der Waals surface area contributed by atoms with Crippen LogP contribution in [0.15, 0.2) is 21.3 Å². The first kappa shape index (κ1) is 14.2. The number of nitrogens with one attached hydrogen (secondary N) is 1. The van der Waals surface area contributed by atoms with Gasteiger partial charge in [-0.05, 0) is 37.8 Å². The van der Waals surface area contributed by atoms with Crippen LogP contribution in [-0.2, 0) is 0 Å². The highest BCUT2D eigenvalue weighted by Gasteiger charge is 2.23. The van der Waals surface area contributed by atoms with Crippen molar-refractivity contribution >= 4 is 11.3 Å². The molecular weight excluding hydrogens is 258 g/mol. The first-order valence-electron chi connectivity index (χ1n) is 6.85. The van der Waals surface area contributed by atoms with Crippen LogP contribution in [0.5, 0.6) is 0 Å². The van der Waals surface area contributed by atoms with E-state index in [1.165, 1.54) is 0 Å². The molecule has 2 unspecified atom stereocenters. The summed E-state index contributed by atoms with van der Waals surface area (Å²) >= 11 is 1.64. The SMILES string of the molecule is CCCNC(C)C(CC)c1nc(-c2ccsc2)no1. The second-order valence-corrected chi connectivity index (χ2v) is 5.51. The summed E-state index contributed by atoms with van der Waals surface area (Å²) in [6, 6.07) is 2.36. The third-order valence-electron chi connectivity index (χ3n) is 3.30. The molecule has 0 bridgehead atoms. The van der Waals surface area contributed by atoms with Gasteiger partial charge in [0.25, 0.3) is 0 Å². The van der Waals surface area contributed by atoms with E-state index in [1.807, 2.05) is 16.8 Å². The second kappa shape index (κ2) is 6.82. The Kier molecular flexibility index (Phi) is 5.10. The number of rotatable bonds is 7. The Bertz CT molecular complexity index is 481. The van der Waals surface area contributed by atoms with Gasteiger partial charge in [0, 0.05) is 17.0 Å². The summed E-state index contributed by atoms with van der Waals surface area (Å²) in [5.74, 6) is 1.70. The van der Waals surface area contributed by atoms with Crippen LogP contribution in [0, 0.1) is 0 Å². The Balaban J connectivity index is 2.11. The van der Waals surface area contributed by atoms with Gasteiger partial charge in [0.1, 0.15) is 0 Å². The molecule has 0 spiro atoms. The number of hydrogen-bond donors (Lipinski definition) is 1. The zero-order valence-corrected chi connectivity index (χ0v) is 12.5. The smallest absolute Gasteiger partial charge is 0.231 e. The topological polar surface area (TPSA) is 51.0 Å². The van der Waals surface area contributed by atoms with Crippen molar-refractivity contribution in [3.8, 4) is 11.4 Å². The van der Waals surface area contributed by atoms with Crippen LogP contribution >= 0.6 is 11.3 Å². The van der Waals surface area contributed by atoms with Crippen LogP contribution in [0.1, 0.15) is 45.4 Å². The zero-order valence-electron chi connectivity index (χ0n) is 11.7. The summed E-state index contributed by atoms with van der Waals surface area (Å²) in [5.41, 5.74) is 1.03. The number of nitrogens with zero attached hydrogens (tertiary/aromatic N) is 2. The molecule has 0 saturated heterocycles. The van der Waals surface area contributed by atoms with Gasteiger partial charge in [0.2, 0.25) is 11.7 Å². The first-order valence-corrected chi connectivity index (χ1v) is 7.80. The Hall–Kier alpha value is -1.20. The summed E-state index contributed by atoms with van der Waals surface area (Å²) in [6.07, 6.45) is 2.12. The lowest BCUT2D eigenvalue weighted by atomic mass is 9.98. The van der Waals surface area contributed by atoms with Crippen molar-refractivity contribution in [1.82, 2.24) is 15.5 Å². The van der Waals surface area contributed by atoms with Crippen LogP contribution in [0.2, 0.25) is 0 Å². The average Bonchev–Trinajstić information content (AvgIpc) is 3.07. The van der Waals surface area contributed by atoms with Gasteiger partial charge in [-0.2, -0.15) is 16.3 Å². The van der Waals surface area contributed by atoms with Gasteiger partial charge < -0.3 is 9.84 Å². The van der Waals surface area contributed by atoms with Gasteiger partial charge in [-0.1, -0.05) is 19.0 Å². The highest BCUT2D eigenvalue weighted by Crippen LogP contribution is 2.25. The minimum absolute atomic E-state index is 0.270. The quantitative estimate of drug-likeness (QED) is 0.840. The van der Waals surface area contributed by atoms with Gasteiger partial charge in [-0.25, -0.2) is 0 Å². The predicted octanol–water partition coefficient (Wildman–Crippen LogP) is 3.68. The molecule has 0 amide bonds. The fraction of sp³-hybridized carbons (Fsp3) is 0.571. The van der Waals surface area contributed by atoms with Gasteiger partial charge in [0.15, 0.2) is 0 Å². The molecule has 2 atom stereocenters. The lowest BCUT2D eigenvalue weighted by molar-refractivity contribution is 0.316. The summed E-state index contributed by atoms with van der Waals surface area (Å²) in [6.45, 7) is 7.52. The number of hydrogen-bond acceptors (Lipinski definition) is 5. The fourth-order valence-corrected chi connectivity index (χ4v) is 2.79. The summed E-state index contributed by atoms with van der Waals surface area (Å²) in [5, 5.41) is 11.6. The molecule has 104 valence electrons. The second-order valence-electron chi connectivity index (χ2n) is 4.73. The molecule has 19 heavy (non-hydrogen) atoms. The molecule has 0 saturated carbocycles. The van der Waals surface area contributed by atoms with E-state index in [-0.39, 0.29) is 5.92 Å². The highest BCUT2D eigenvalue weighted by atomic mass is 32.1. The molecule has 0 radical (unpaired) electrons. The minimum Gasteiger partial charge on any atom is -0.339 e. The zero-order chi connectivity index (χ0) is 13.7. The van der Waals surface area contributed by atoms with Crippen molar-refractivity contribution in [3.63, 3.8) is 0 Å². The highest BCUT2D eigenvalue weighted by molar-refractivity contribution is 7.08. The number of aromatic nitrogens is 2. The third kappa shape index (κ3) is 3.42. The summed E-state index contributed by atoms with van der Waals surface area (Å²) < 4.78 is 5.45. The van der Waals surface area contributed by atoms with E-state index in [0.29, 0.717) is 11.9 Å². The van der Waals surface area contributed by atoms with E-state index in [2.05, 4.69) is 36.2 Å². The lowest BCUT2D eigenvalue weighted by Gasteiger charge is -2.20. The molecule has 2 aromatic heterocycles. The minimum atomic E-state index is 0.270. The monoisotopic (exact) mass is 279 g/mol. The molecule has 2 rings (SSSR count). The maximum absolute atomic E-state index is 5.45. The van der Waals surface area contributed by atoms with Crippen LogP contribution < -0.4 is 5.32 Å². The molecule has 0 aliphatic rings. The standard InChI is InChI=1S/C14H21N3OS/c1-4-7-15-10(3)12(5-2)14-16-13(17-18-14)11-6-8-19-9-11/h6,8-10,12,15H,4-5,7H2,1-3H3. The Morgan fingerprint density at radius 2 is 2.26 bits per heavy atom. The van der Waals surface area contributed by atoms with E-state index in [4.69, 9.17) is 4.52 Å². The van der Waals surface area contributed by atoms with E-state index in [1.54, 1.807) is 11.3 Å². The molecule has 2 heterocycles. The largest absolute Gasteiger partial charge is 0.339 e. The summed E-state index contributed by atoms with van der Waals surface area (Å²) in [4.78, 5) is 4.54.